The van der Waals surface area contributed by atoms with Crippen LogP contribution in [0.15, 0.2) is 84.6 Å². The number of hydrogen-bond donors (Lipinski definition) is 1. The van der Waals surface area contributed by atoms with E-state index < -0.39 is 0 Å². The number of rotatable bonds is 7. The lowest BCUT2D eigenvalue weighted by atomic mass is 10.0. The number of methoxy groups -OCH3 is 1. The van der Waals surface area contributed by atoms with Crippen molar-refractivity contribution in [2.24, 2.45) is 0 Å². The zero-order chi connectivity index (χ0) is 23.5. The Hall–Kier alpha value is -4.06. The van der Waals surface area contributed by atoms with Crippen molar-refractivity contribution in [2.75, 3.05) is 30.4 Å². The van der Waals surface area contributed by atoms with Crippen molar-refractivity contribution in [3.63, 3.8) is 0 Å². The molecule has 0 spiro atoms. The van der Waals surface area contributed by atoms with E-state index in [0.717, 1.165) is 24.3 Å². The van der Waals surface area contributed by atoms with Crippen LogP contribution in [-0.2, 0) is 16.1 Å². The molecule has 6 heteroatoms. The molecule has 6 nitrogen and oxygen atoms in total. The van der Waals surface area contributed by atoms with Crippen LogP contribution in [0.2, 0.25) is 0 Å². The number of anilines is 2. The third kappa shape index (κ3) is 4.27. The second kappa shape index (κ2) is 9.43. The minimum atomic E-state index is -0.330. The summed E-state index contributed by atoms with van der Waals surface area (Å²) in [5.74, 6) is 0.0489. The summed E-state index contributed by atoms with van der Waals surface area (Å²) in [5.41, 5.74) is 4.17. The molecule has 0 radical (unpaired) electrons. The van der Waals surface area contributed by atoms with Gasteiger partial charge in [0.05, 0.1) is 19.2 Å². The second-order valence-corrected chi connectivity index (χ2v) is 8.53. The summed E-state index contributed by atoms with van der Waals surface area (Å²) in [6.45, 7) is 2.36. The molecule has 2 heterocycles. The summed E-state index contributed by atoms with van der Waals surface area (Å²) >= 11 is 0. The molecule has 2 aliphatic rings. The number of amides is 2. The topological polar surface area (TPSA) is 61.9 Å². The van der Waals surface area contributed by atoms with Crippen LogP contribution in [0, 0.1) is 0 Å². The summed E-state index contributed by atoms with van der Waals surface area (Å²) in [7, 11) is 1.60. The molecule has 1 N–H and O–H groups in total. The normalized spacial score (nSPS) is 15.9. The molecular formula is C28H27N3O3. The van der Waals surface area contributed by atoms with Crippen LogP contribution in [-0.4, -0.2) is 36.9 Å². The van der Waals surface area contributed by atoms with E-state index in [2.05, 4.69) is 22.3 Å². The average molecular weight is 454 g/mol. The van der Waals surface area contributed by atoms with E-state index in [1.807, 2.05) is 54.6 Å². The highest BCUT2D eigenvalue weighted by Crippen LogP contribution is 2.33. The molecule has 0 atom stereocenters. The monoisotopic (exact) mass is 453 g/mol. The summed E-state index contributed by atoms with van der Waals surface area (Å²) in [6, 6.07) is 24.8. The first-order valence-electron chi connectivity index (χ1n) is 11.5. The molecule has 34 heavy (non-hydrogen) atoms. The van der Waals surface area contributed by atoms with E-state index in [4.69, 9.17) is 4.74 Å². The van der Waals surface area contributed by atoms with Gasteiger partial charge in [0.25, 0.3) is 11.8 Å². The number of benzene rings is 3. The van der Waals surface area contributed by atoms with Gasteiger partial charge < -0.3 is 15.0 Å². The molecule has 3 aromatic rings. The van der Waals surface area contributed by atoms with Gasteiger partial charge in [-0.05, 0) is 60.4 Å². The minimum absolute atomic E-state index is 0.219. The number of carbonyl (C=O) groups is 2. The highest BCUT2D eigenvalue weighted by molar-refractivity contribution is 6.36. The quantitative estimate of drug-likeness (QED) is 0.526. The van der Waals surface area contributed by atoms with Crippen LogP contribution in [0.5, 0.6) is 5.75 Å². The van der Waals surface area contributed by atoms with Crippen molar-refractivity contribution in [1.82, 2.24) is 4.90 Å². The van der Waals surface area contributed by atoms with Gasteiger partial charge in [-0.25, -0.2) is 0 Å². The second-order valence-electron chi connectivity index (χ2n) is 8.53. The maximum Gasteiger partial charge on any atom is 0.278 e. The van der Waals surface area contributed by atoms with Gasteiger partial charge >= 0.3 is 0 Å². The molecule has 0 aromatic heterocycles. The summed E-state index contributed by atoms with van der Waals surface area (Å²) < 4.78 is 5.26. The van der Waals surface area contributed by atoms with Crippen molar-refractivity contribution < 1.29 is 14.3 Å². The Kier molecular flexibility index (Phi) is 6.04. The lowest BCUT2D eigenvalue weighted by molar-refractivity contribution is -0.137. The van der Waals surface area contributed by atoms with E-state index in [0.29, 0.717) is 22.6 Å². The number of imide groups is 1. The first-order chi connectivity index (χ1) is 16.6. The molecule has 0 unspecified atom stereocenters. The molecule has 2 amide bonds. The van der Waals surface area contributed by atoms with E-state index in [1.165, 1.54) is 23.4 Å². The molecule has 3 aromatic carbocycles. The molecule has 5 rings (SSSR count). The minimum Gasteiger partial charge on any atom is -0.497 e. The Bertz CT molecular complexity index is 1210. The largest absolute Gasteiger partial charge is 0.497 e. The highest BCUT2D eigenvalue weighted by atomic mass is 16.5. The number of ether oxygens (including phenoxy) is 1. The van der Waals surface area contributed by atoms with Crippen LogP contribution in [0.25, 0.3) is 5.57 Å². The van der Waals surface area contributed by atoms with Crippen LogP contribution < -0.4 is 15.0 Å². The predicted molar refractivity (Wildman–Crippen MR) is 133 cm³/mol. The smallest absolute Gasteiger partial charge is 0.278 e. The van der Waals surface area contributed by atoms with Crippen molar-refractivity contribution in [3.8, 4) is 5.75 Å². The van der Waals surface area contributed by atoms with Gasteiger partial charge in [0.1, 0.15) is 11.4 Å². The van der Waals surface area contributed by atoms with Gasteiger partial charge in [-0.3, -0.25) is 14.5 Å². The number of carbonyl (C=O) groups excluding carboxylic acids is 2. The molecule has 1 fully saturated rings. The number of nitrogens with zero attached hydrogens (tertiary/aromatic N) is 2. The zero-order valence-electron chi connectivity index (χ0n) is 19.2. The zero-order valence-corrected chi connectivity index (χ0v) is 19.2. The summed E-state index contributed by atoms with van der Waals surface area (Å²) in [5, 5.41) is 3.25. The molecule has 2 aliphatic heterocycles. The first kappa shape index (κ1) is 21.8. The summed E-state index contributed by atoms with van der Waals surface area (Å²) in [4.78, 5) is 30.6. The Morgan fingerprint density at radius 2 is 1.50 bits per heavy atom. The molecule has 1 saturated heterocycles. The molecule has 0 bridgehead atoms. The first-order valence-corrected chi connectivity index (χ1v) is 11.5. The number of hydrogen-bond acceptors (Lipinski definition) is 5. The Balaban J connectivity index is 1.47. The van der Waals surface area contributed by atoms with Crippen molar-refractivity contribution in [3.05, 3.63) is 95.7 Å². The number of nitrogens with one attached hydrogen (secondary N) is 1. The van der Waals surface area contributed by atoms with Gasteiger partial charge in [0.15, 0.2) is 0 Å². The van der Waals surface area contributed by atoms with Crippen molar-refractivity contribution in [2.45, 2.75) is 19.4 Å². The highest BCUT2D eigenvalue weighted by Gasteiger charge is 2.39. The fourth-order valence-electron chi connectivity index (χ4n) is 4.50. The van der Waals surface area contributed by atoms with Crippen LogP contribution in [0.1, 0.15) is 24.0 Å². The lowest BCUT2D eigenvalue weighted by Gasteiger charge is -2.18. The van der Waals surface area contributed by atoms with Gasteiger partial charge in [0.2, 0.25) is 0 Å². The van der Waals surface area contributed by atoms with E-state index in [9.17, 15) is 9.59 Å². The van der Waals surface area contributed by atoms with Crippen LogP contribution >= 0.6 is 0 Å². The fourth-order valence-corrected chi connectivity index (χ4v) is 4.50. The van der Waals surface area contributed by atoms with E-state index in [1.54, 1.807) is 19.2 Å². The fraction of sp³-hybridized carbons (Fsp3) is 0.214. The Labute approximate surface area is 199 Å². The Morgan fingerprint density at radius 1 is 0.824 bits per heavy atom. The van der Waals surface area contributed by atoms with Gasteiger partial charge in [-0.1, -0.05) is 42.5 Å². The predicted octanol–water partition coefficient (Wildman–Crippen LogP) is 4.69. The maximum atomic E-state index is 13.5. The molecule has 172 valence electrons. The third-order valence-corrected chi connectivity index (χ3v) is 6.34. The van der Waals surface area contributed by atoms with Gasteiger partial charge in [-0.2, -0.15) is 0 Å². The third-order valence-electron chi connectivity index (χ3n) is 6.34. The summed E-state index contributed by atoms with van der Waals surface area (Å²) in [6.07, 6.45) is 2.43. The standard InChI is InChI=1S/C28H27N3O3/c1-34-24-15-9-21(10-16-24)25-26(28(33)31(27(25)32)19-20-7-3-2-4-8-20)29-22-11-13-23(14-12-22)30-17-5-6-18-30/h2-4,7-16,29H,5-6,17-19H2,1H3. The average Bonchev–Trinajstić information content (AvgIpc) is 3.49. The molecule has 0 aliphatic carbocycles. The van der Waals surface area contributed by atoms with Crippen LogP contribution in [0.4, 0.5) is 11.4 Å². The molecular weight excluding hydrogens is 426 g/mol. The lowest BCUT2D eigenvalue weighted by Crippen LogP contribution is -2.32. The van der Waals surface area contributed by atoms with Crippen molar-refractivity contribution in [1.29, 1.82) is 0 Å². The van der Waals surface area contributed by atoms with Gasteiger partial charge in [0, 0.05) is 24.5 Å². The maximum absolute atomic E-state index is 13.5. The molecule has 0 saturated carbocycles. The van der Waals surface area contributed by atoms with E-state index in [-0.39, 0.29) is 18.4 Å². The van der Waals surface area contributed by atoms with Crippen LogP contribution in [0.3, 0.4) is 0 Å². The van der Waals surface area contributed by atoms with Gasteiger partial charge in [-0.15, -0.1) is 0 Å². The SMILES string of the molecule is COc1ccc(C2=C(Nc3ccc(N4CCCC4)cc3)C(=O)N(Cc3ccccc3)C2=O)cc1. The van der Waals surface area contributed by atoms with Crippen molar-refractivity contribution >= 4 is 28.8 Å². The Morgan fingerprint density at radius 3 is 2.15 bits per heavy atom. The van der Waals surface area contributed by atoms with E-state index >= 15 is 0 Å².